The van der Waals surface area contributed by atoms with Gasteiger partial charge in [-0.1, -0.05) is 35.5 Å². The predicted octanol–water partition coefficient (Wildman–Crippen LogP) is 5.74. The van der Waals surface area contributed by atoms with E-state index in [2.05, 4.69) is 39.0 Å². The Morgan fingerprint density at radius 1 is 1.03 bits per heavy atom. The van der Waals surface area contributed by atoms with Crippen LogP contribution in [-0.2, 0) is 6.61 Å². The average molecular weight is 511 g/mol. The normalized spacial score (nSPS) is 12.3. The van der Waals surface area contributed by atoms with Crippen LogP contribution in [0.5, 0.6) is 11.8 Å². The van der Waals surface area contributed by atoms with Crippen molar-refractivity contribution in [2.45, 2.75) is 40.3 Å². The fraction of sp³-hybridized carbons (Fsp3) is 0.250. The second kappa shape index (κ2) is 9.29. The van der Waals surface area contributed by atoms with E-state index in [1.165, 1.54) is 0 Å². The number of hydrogen-bond donors (Lipinski definition) is 0. The highest BCUT2D eigenvalue weighted by molar-refractivity contribution is 6.05. The van der Waals surface area contributed by atoms with Crippen LogP contribution in [-0.4, -0.2) is 37.0 Å². The van der Waals surface area contributed by atoms with Crippen molar-refractivity contribution in [3.8, 4) is 22.9 Å². The van der Waals surface area contributed by atoms with E-state index in [0.717, 1.165) is 44.6 Å². The first-order valence-electron chi connectivity index (χ1n) is 12.2. The minimum absolute atomic E-state index is 0.0938. The molecule has 0 saturated carbocycles. The van der Waals surface area contributed by atoms with Crippen molar-refractivity contribution in [3.63, 3.8) is 0 Å². The molecule has 4 heterocycles. The maximum atomic E-state index is 6.16. The van der Waals surface area contributed by atoms with E-state index in [1.807, 2.05) is 44.2 Å². The highest BCUT2D eigenvalue weighted by Crippen LogP contribution is 2.40. The lowest BCUT2D eigenvalue weighted by Crippen LogP contribution is -2.10. The average Bonchev–Trinajstić information content (AvgIpc) is 3.62. The van der Waals surface area contributed by atoms with Crippen molar-refractivity contribution >= 4 is 21.9 Å². The molecule has 0 unspecified atom stereocenters. The third-order valence-corrected chi connectivity index (χ3v) is 6.67. The van der Waals surface area contributed by atoms with Gasteiger partial charge in [0.15, 0.2) is 6.61 Å². The summed E-state index contributed by atoms with van der Waals surface area (Å²) in [6.07, 6.45) is 1.76. The molecule has 0 spiro atoms. The first-order chi connectivity index (χ1) is 18.4. The summed E-state index contributed by atoms with van der Waals surface area (Å²) in [6.45, 7) is 7.75. The number of pyridine rings is 1. The fourth-order valence-electron chi connectivity index (χ4n) is 4.88. The molecule has 4 aromatic heterocycles. The van der Waals surface area contributed by atoms with Crippen LogP contribution in [0.25, 0.3) is 33.1 Å². The smallest absolute Gasteiger partial charge is 0.298 e. The molecule has 0 radical (unpaired) electrons. The molecule has 0 aliphatic rings. The summed E-state index contributed by atoms with van der Waals surface area (Å²) in [5.74, 6) is 2.26. The molecule has 10 nitrogen and oxygen atoms in total. The Kier molecular flexibility index (Phi) is 5.79. The van der Waals surface area contributed by atoms with Crippen molar-refractivity contribution < 1.29 is 18.4 Å². The van der Waals surface area contributed by atoms with Crippen LogP contribution in [0.3, 0.4) is 0 Å². The van der Waals surface area contributed by atoms with Gasteiger partial charge in [-0.25, -0.2) is 0 Å². The van der Waals surface area contributed by atoms with E-state index in [9.17, 15) is 0 Å². The minimum atomic E-state index is -0.0977. The number of methoxy groups -OCH3 is 1. The number of aromatic nitrogens is 6. The molecule has 2 aromatic carbocycles. The third kappa shape index (κ3) is 3.94. The number of hydrogen-bond acceptors (Lipinski definition) is 9. The first kappa shape index (κ1) is 23.7. The molecule has 192 valence electrons. The standard InChI is InChI=1S/C28H26N6O4/c1-15-26(17(3)38-33-15)21-11-22-20(12-24(21)35-5)27-23(13-29-22)30-28(36-14-25-32-31-18(4)37-25)34(27)16(2)19-9-7-6-8-10-19/h6-13,16H,14H2,1-5H3/t16-/m1/s1. The van der Waals surface area contributed by atoms with E-state index >= 15 is 0 Å². The summed E-state index contributed by atoms with van der Waals surface area (Å²) in [4.78, 5) is 9.55. The first-order valence-corrected chi connectivity index (χ1v) is 12.2. The summed E-state index contributed by atoms with van der Waals surface area (Å²) in [5.41, 5.74) is 6.03. The highest BCUT2D eigenvalue weighted by atomic mass is 16.5. The van der Waals surface area contributed by atoms with Gasteiger partial charge in [-0.15, -0.1) is 10.2 Å². The van der Waals surface area contributed by atoms with E-state index in [-0.39, 0.29) is 12.6 Å². The quantitative estimate of drug-likeness (QED) is 0.265. The van der Waals surface area contributed by atoms with E-state index in [1.54, 1.807) is 20.2 Å². The molecule has 0 fully saturated rings. The lowest BCUT2D eigenvalue weighted by Gasteiger charge is -2.19. The van der Waals surface area contributed by atoms with E-state index < -0.39 is 0 Å². The van der Waals surface area contributed by atoms with Crippen LogP contribution in [0.15, 0.2) is 57.6 Å². The summed E-state index contributed by atoms with van der Waals surface area (Å²) in [7, 11) is 1.65. The van der Waals surface area contributed by atoms with Gasteiger partial charge in [-0.3, -0.25) is 9.55 Å². The summed E-state index contributed by atoms with van der Waals surface area (Å²) >= 11 is 0. The van der Waals surface area contributed by atoms with Gasteiger partial charge in [-0.2, -0.15) is 4.98 Å². The number of imidazole rings is 1. The predicted molar refractivity (Wildman–Crippen MR) is 140 cm³/mol. The minimum Gasteiger partial charge on any atom is -0.496 e. The molecule has 0 N–H and O–H groups in total. The molecular formula is C28H26N6O4. The molecule has 6 aromatic rings. The van der Waals surface area contributed by atoms with Crippen LogP contribution in [0.2, 0.25) is 0 Å². The maximum absolute atomic E-state index is 6.16. The van der Waals surface area contributed by atoms with Gasteiger partial charge < -0.3 is 18.4 Å². The Hall–Kier alpha value is -4.73. The highest BCUT2D eigenvalue weighted by Gasteiger charge is 2.24. The van der Waals surface area contributed by atoms with Crippen LogP contribution in [0, 0.1) is 20.8 Å². The zero-order chi connectivity index (χ0) is 26.4. The van der Waals surface area contributed by atoms with Gasteiger partial charge in [0.1, 0.15) is 17.0 Å². The Bertz CT molecular complexity index is 1750. The number of benzene rings is 2. The second-order valence-electron chi connectivity index (χ2n) is 9.12. The van der Waals surface area contributed by atoms with Crippen molar-refractivity contribution in [2.75, 3.05) is 7.11 Å². The molecular weight excluding hydrogens is 484 g/mol. The largest absolute Gasteiger partial charge is 0.496 e. The lowest BCUT2D eigenvalue weighted by atomic mass is 10.00. The van der Waals surface area contributed by atoms with Crippen LogP contribution < -0.4 is 9.47 Å². The maximum Gasteiger partial charge on any atom is 0.298 e. The Balaban J connectivity index is 1.57. The molecule has 6 rings (SSSR count). The molecule has 38 heavy (non-hydrogen) atoms. The topological polar surface area (TPSA) is 114 Å². The molecule has 10 heteroatoms. The third-order valence-electron chi connectivity index (χ3n) is 6.67. The van der Waals surface area contributed by atoms with Crippen molar-refractivity contribution in [1.82, 2.24) is 29.9 Å². The van der Waals surface area contributed by atoms with Gasteiger partial charge in [0, 0.05) is 17.9 Å². The molecule has 0 amide bonds. The zero-order valence-electron chi connectivity index (χ0n) is 21.7. The number of nitrogens with zero attached hydrogens (tertiary/aromatic N) is 6. The van der Waals surface area contributed by atoms with Gasteiger partial charge in [-0.05, 0) is 38.5 Å². The van der Waals surface area contributed by atoms with Crippen LogP contribution in [0.4, 0.5) is 0 Å². The monoisotopic (exact) mass is 510 g/mol. The molecule has 0 saturated heterocycles. The van der Waals surface area contributed by atoms with Crippen molar-refractivity contribution in [2.24, 2.45) is 0 Å². The molecule has 0 aliphatic carbocycles. The number of ether oxygens (including phenoxy) is 2. The zero-order valence-corrected chi connectivity index (χ0v) is 21.7. The van der Waals surface area contributed by atoms with Crippen LogP contribution >= 0.6 is 0 Å². The van der Waals surface area contributed by atoms with Gasteiger partial charge in [0.05, 0.1) is 41.6 Å². The van der Waals surface area contributed by atoms with Crippen molar-refractivity contribution in [3.05, 3.63) is 77.5 Å². The summed E-state index contributed by atoms with van der Waals surface area (Å²) in [5, 5.41) is 12.9. The second-order valence-corrected chi connectivity index (χ2v) is 9.12. The van der Waals surface area contributed by atoms with E-state index in [4.69, 9.17) is 28.4 Å². The Morgan fingerprint density at radius 3 is 2.53 bits per heavy atom. The Morgan fingerprint density at radius 2 is 1.84 bits per heavy atom. The van der Waals surface area contributed by atoms with Gasteiger partial charge >= 0.3 is 0 Å². The Labute approximate surface area is 218 Å². The summed E-state index contributed by atoms with van der Waals surface area (Å²) < 4.78 is 25.0. The van der Waals surface area contributed by atoms with E-state index in [0.29, 0.717) is 29.1 Å². The fourth-order valence-corrected chi connectivity index (χ4v) is 4.88. The van der Waals surface area contributed by atoms with Gasteiger partial charge in [0.2, 0.25) is 5.89 Å². The number of rotatable bonds is 7. The SMILES string of the molecule is COc1cc2c(cc1-c1c(C)noc1C)ncc1nc(OCc3nnc(C)o3)n([C@H](C)c3ccccc3)c12. The molecule has 0 aliphatic heterocycles. The van der Waals surface area contributed by atoms with Crippen molar-refractivity contribution in [1.29, 1.82) is 0 Å². The number of aryl methyl sites for hydroxylation is 3. The summed E-state index contributed by atoms with van der Waals surface area (Å²) in [6, 6.07) is 14.5. The lowest BCUT2D eigenvalue weighted by molar-refractivity contribution is 0.230. The van der Waals surface area contributed by atoms with Gasteiger partial charge in [0.25, 0.3) is 11.9 Å². The van der Waals surface area contributed by atoms with Crippen LogP contribution in [0.1, 0.15) is 41.8 Å². The number of fused-ring (bicyclic) bond motifs is 3. The molecule has 0 bridgehead atoms. The molecule has 1 atom stereocenters.